The van der Waals surface area contributed by atoms with E-state index in [-0.39, 0.29) is 11.3 Å². The molecule has 0 aliphatic carbocycles. The summed E-state index contributed by atoms with van der Waals surface area (Å²) in [5.74, 6) is 1.30. The Kier molecular flexibility index (Phi) is 4.17. The SMILES string of the molecule is Cc1oncc1C(=O)N1CCC2(CC1)CCN(CC(C)C)C2=O. The molecule has 2 aliphatic heterocycles. The van der Waals surface area contributed by atoms with Gasteiger partial charge in [-0.2, -0.15) is 0 Å². The zero-order valence-corrected chi connectivity index (χ0v) is 14.2. The minimum absolute atomic E-state index is 0.0388. The second-order valence-electron chi connectivity index (χ2n) is 7.26. The van der Waals surface area contributed by atoms with Gasteiger partial charge in [-0.15, -0.1) is 0 Å². The van der Waals surface area contributed by atoms with Gasteiger partial charge in [0.1, 0.15) is 11.3 Å². The first-order valence-corrected chi connectivity index (χ1v) is 8.43. The second kappa shape index (κ2) is 5.98. The van der Waals surface area contributed by atoms with E-state index in [4.69, 9.17) is 4.52 Å². The van der Waals surface area contributed by atoms with Crippen molar-refractivity contribution in [3.63, 3.8) is 0 Å². The molecular weight excluding hydrogens is 294 g/mol. The highest BCUT2D eigenvalue weighted by molar-refractivity contribution is 5.95. The molecule has 1 aromatic rings. The first-order valence-electron chi connectivity index (χ1n) is 8.43. The number of carbonyl (C=O) groups excluding carboxylic acids is 2. The fourth-order valence-corrected chi connectivity index (χ4v) is 3.78. The molecule has 2 saturated heterocycles. The first kappa shape index (κ1) is 16.0. The van der Waals surface area contributed by atoms with Gasteiger partial charge >= 0.3 is 0 Å². The van der Waals surface area contributed by atoms with Crippen molar-refractivity contribution in [2.24, 2.45) is 11.3 Å². The maximum atomic E-state index is 12.8. The number of aryl methyl sites for hydroxylation is 1. The molecule has 0 saturated carbocycles. The summed E-state index contributed by atoms with van der Waals surface area (Å²) in [6.45, 7) is 8.98. The number of carbonyl (C=O) groups is 2. The van der Waals surface area contributed by atoms with Gasteiger partial charge in [0.2, 0.25) is 5.91 Å². The van der Waals surface area contributed by atoms with E-state index >= 15 is 0 Å². The summed E-state index contributed by atoms with van der Waals surface area (Å²) in [5.41, 5.74) is 0.287. The van der Waals surface area contributed by atoms with Crippen LogP contribution in [0.2, 0.25) is 0 Å². The predicted molar refractivity (Wildman–Crippen MR) is 84.8 cm³/mol. The molecule has 0 atom stereocenters. The number of amides is 2. The number of aromatic nitrogens is 1. The Labute approximate surface area is 136 Å². The van der Waals surface area contributed by atoms with Gasteiger partial charge in [0.15, 0.2) is 0 Å². The smallest absolute Gasteiger partial charge is 0.259 e. The summed E-state index contributed by atoms with van der Waals surface area (Å²) >= 11 is 0. The number of rotatable bonds is 3. The lowest BCUT2D eigenvalue weighted by Crippen LogP contribution is -2.47. The van der Waals surface area contributed by atoms with E-state index in [1.165, 1.54) is 6.20 Å². The maximum Gasteiger partial charge on any atom is 0.259 e. The van der Waals surface area contributed by atoms with Gasteiger partial charge in [-0.05, 0) is 32.1 Å². The second-order valence-corrected chi connectivity index (χ2v) is 7.26. The number of nitrogens with zero attached hydrogens (tertiary/aromatic N) is 3. The molecule has 0 unspecified atom stereocenters. The molecule has 2 aliphatic rings. The molecule has 126 valence electrons. The van der Waals surface area contributed by atoms with E-state index in [2.05, 4.69) is 19.0 Å². The van der Waals surface area contributed by atoms with Crippen molar-refractivity contribution in [3.05, 3.63) is 17.5 Å². The lowest BCUT2D eigenvalue weighted by molar-refractivity contribution is -0.138. The van der Waals surface area contributed by atoms with Crippen molar-refractivity contribution >= 4 is 11.8 Å². The van der Waals surface area contributed by atoms with Gasteiger partial charge in [0, 0.05) is 26.2 Å². The van der Waals surface area contributed by atoms with Crippen molar-refractivity contribution in [1.29, 1.82) is 0 Å². The molecule has 1 aromatic heterocycles. The molecule has 23 heavy (non-hydrogen) atoms. The first-order chi connectivity index (χ1) is 10.9. The summed E-state index contributed by atoms with van der Waals surface area (Å²) < 4.78 is 4.98. The summed E-state index contributed by atoms with van der Waals surface area (Å²) in [5, 5.41) is 3.67. The Morgan fingerprint density at radius 2 is 1.96 bits per heavy atom. The van der Waals surface area contributed by atoms with Crippen LogP contribution in [0.3, 0.4) is 0 Å². The standard InChI is InChI=1S/C17H25N3O3/c1-12(2)11-20-9-6-17(16(20)22)4-7-19(8-5-17)15(21)14-10-18-23-13(14)3/h10,12H,4-9,11H2,1-3H3. The molecular formula is C17H25N3O3. The topological polar surface area (TPSA) is 66.7 Å². The van der Waals surface area contributed by atoms with Crippen LogP contribution in [0.5, 0.6) is 0 Å². The highest BCUT2D eigenvalue weighted by atomic mass is 16.5. The van der Waals surface area contributed by atoms with Gasteiger partial charge in [-0.1, -0.05) is 19.0 Å². The number of hydrogen-bond donors (Lipinski definition) is 0. The van der Waals surface area contributed by atoms with Gasteiger partial charge in [0.25, 0.3) is 5.91 Å². The van der Waals surface area contributed by atoms with Crippen molar-refractivity contribution in [2.75, 3.05) is 26.2 Å². The molecule has 0 radical (unpaired) electrons. The highest BCUT2D eigenvalue weighted by Gasteiger charge is 2.48. The van der Waals surface area contributed by atoms with Crippen LogP contribution in [0.1, 0.15) is 49.2 Å². The number of hydrogen-bond acceptors (Lipinski definition) is 4. The fraction of sp³-hybridized carbons (Fsp3) is 0.706. The zero-order chi connectivity index (χ0) is 16.6. The van der Waals surface area contributed by atoms with Gasteiger partial charge in [-0.25, -0.2) is 0 Å². The Bertz CT molecular complexity index is 600. The Balaban J connectivity index is 1.64. The van der Waals surface area contributed by atoms with E-state index in [1.807, 2.05) is 9.80 Å². The molecule has 0 aromatic carbocycles. The molecule has 2 fully saturated rings. The highest BCUT2D eigenvalue weighted by Crippen LogP contribution is 2.42. The van der Waals surface area contributed by atoms with E-state index in [0.717, 1.165) is 32.4 Å². The summed E-state index contributed by atoms with van der Waals surface area (Å²) in [7, 11) is 0. The van der Waals surface area contributed by atoms with E-state index in [0.29, 0.717) is 36.2 Å². The molecule has 6 nitrogen and oxygen atoms in total. The van der Waals surface area contributed by atoms with Crippen LogP contribution in [0, 0.1) is 18.3 Å². The molecule has 3 rings (SSSR count). The van der Waals surface area contributed by atoms with Gasteiger partial charge in [0.05, 0.1) is 11.6 Å². The molecule has 6 heteroatoms. The van der Waals surface area contributed by atoms with Crippen LogP contribution in [0.25, 0.3) is 0 Å². The molecule has 2 amide bonds. The largest absolute Gasteiger partial charge is 0.361 e. The minimum atomic E-state index is -0.241. The number of likely N-dealkylation sites (tertiary alicyclic amines) is 2. The summed E-state index contributed by atoms with van der Waals surface area (Å²) in [4.78, 5) is 29.1. The average Bonchev–Trinajstić information content (AvgIpc) is 3.07. The Morgan fingerprint density at radius 3 is 2.52 bits per heavy atom. The van der Waals surface area contributed by atoms with E-state index in [1.54, 1.807) is 6.92 Å². The Hall–Kier alpha value is -1.85. The monoisotopic (exact) mass is 319 g/mol. The van der Waals surface area contributed by atoms with Crippen LogP contribution >= 0.6 is 0 Å². The van der Waals surface area contributed by atoms with Crippen molar-refractivity contribution in [1.82, 2.24) is 15.0 Å². The van der Waals surface area contributed by atoms with E-state index < -0.39 is 0 Å². The third-order valence-corrected chi connectivity index (χ3v) is 5.18. The van der Waals surface area contributed by atoms with Gasteiger partial charge in [-0.3, -0.25) is 9.59 Å². The van der Waals surface area contributed by atoms with Crippen LogP contribution in [-0.4, -0.2) is 52.9 Å². The van der Waals surface area contributed by atoms with Crippen LogP contribution in [-0.2, 0) is 4.79 Å². The fourth-order valence-electron chi connectivity index (χ4n) is 3.78. The van der Waals surface area contributed by atoms with Crippen LogP contribution < -0.4 is 0 Å². The summed E-state index contributed by atoms with van der Waals surface area (Å²) in [6.07, 6.45) is 3.92. The van der Waals surface area contributed by atoms with Crippen molar-refractivity contribution in [3.8, 4) is 0 Å². The lowest BCUT2D eigenvalue weighted by Gasteiger charge is -2.38. The van der Waals surface area contributed by atoms with E-state index in [9.17, 15) is 9.59 Å². The predicted octanol–water partition coefficient (Wildman–Crippen LogP) is 2.09. The van der Waals surface area contributed by atoms with Crippen LogP contribution in [0.4, 0.5) is 0 Å². The molecule has 1 spiro atoms. The van der Waals surface area contributed by atoms with Gasteiger partial charge < -0.3 is 14.3 Å². The average molecular weight is 319 g/mol. The Morgan fingerprint density at radius 1 is 1.30 bits per heavy atom. The van der Waals surface area contributed by atoms with Crippen molar-refractivity contribution < 1.29 is 14.1 Å². The number of piperidine rings is 1. The normalized spacial score (nSPS) is 20.8. The molecule has 3 heterocycles. The molecule has 0 bridgehead atoms. The van der Waals surface area contributed by atoms with Crippen molar-refractivity contribution in [2.45, 2.75) is 40.0 Å². The molecule has 0 N–H and O–H groups in total. The third kappa shape index (κ3) is 2.86. The maximum absolute atomic E-state index is 12.8. The van der Waals surface area contributed by atoms with Crippen LogP contribution in [0.15, 0.2) is 10.7 Å². The minimum Gasteiger partial charge on any atom is -0.361 e. The lowest BCUT2D eigenvalue weighted by atomic mass is 9.77. The quantitative estimate of drug-likeness (QED) is 0.855. The third-order valence-electron chi connectivity index (χ3n) is 5.18. The zero-order valence-electron chi connectivity index (χ0n) is 14.2. The summed E-state index contributed by atoms with van der Waals surface area (Å²) in [6, 6.07) is 0.